The molecule has 6 heteroatoms. The summed E-state index contributed by atoms with van der Waals surface area (Å²) in [6.45, 7) is 0.762. The predicted molar refractivity (Wildman–Crippen MR) is 58.8 cm³/mol. The lowest BCUT2D eigenvalue weighted by Gasteiger charge is -2.11. The molecule has 3 N–H and O–H groups in total. The molecular weight excluding hydrogens is 210 g/mol. The molecule has 1 aliphatic heterocycles. The largest absolute Gasteiger partial charge is 0.396 e. The lowest BCUT2D eigenvalue weighted by atomic mass is 10.1. The summed E-state index contributed by atoms with van der Waals surface area (Å²) in [5.74, 6) is -0.372. The predicted octanol–water partition coefficient (Wildman–Crippen LogP) is -0.469. The van der Waals surface area contributed by atoms with Gasteiger partial charge in [0.25, 0.3) is 5.91 Å². The van der Waals surface area contributed by atoms with Crippen molar-refractivity contribution in [1.82, 2.24) is 10.7 Å². The highest BCUT2D eigenvalue weighted by molar-refractivity contribution is 6.39. The summed E-state index contributed by atoms with van der Waals surface area (Å²) in [5, 5.41) is 15.0. The summed E-state index contributed by atoms with van der Waals surface area (Å²) in [6, 6.07) is 0. The molecule has 0 saturated carbocycles. The molecule has 0 aromatic rings. The van der Waals surface area contributed by atoms with Crippen LogP contribution >= 0.6 is 0 Å². The molecule has 0 aromatic carbocycles. The average molecular weight is 227 g/mol. The van der Waals surface area contributed by atoms with Crippen LogP contribution in [-0.4, -0.2) is 35.8 Å². The third-order valence-electron chi connectivity index (χ3n) is 2.29. The highest BCUT2D eigenvalue weighted by atomic mass is 16.3. The fourth-order valence-corrected chi connectivity index (χ4v) is 1.36. The number of rotatable bonds is 6. The SMILES string of the molecule is O=C1CCC(C(=O)NCCCCCO)=NN1. The molecule has 0 radical (unpaired) electrons. The van der Waals surface area contributed by atoms with Gasteiger partial charge in [0.2, 0.25) is 5.91 Å². The van der Waals surface area contributed by atoms with Gasteiger partial charge in [0.1, 0.15) is 5.71 Å². The molecule has 0 spiro atoms. The fourth-order valence-electron chi connectivity index (χ4n) is 1.36. The first-order valence-corrected chi connectivity index (χ1v) is 5.48. The molecular formula is C10H17N3O3. The van der Waals surface area contributed by atoms with Gasteiger partial charge < -0.3 is 10.4 Å². The Morgan fingerprint density at radius 3 is 2.81 bits per heavy atom. The van der Waals surface area contributed by atoms with E-state index in [2.05, 4.69) is 15.8 Å². The van der Waals surface area contributed by atoms with Gasteiger partial charge in [-0.15, -0.1) is 0 Å². The van der Waals surface area contributed by atoms with Crippen molar-refractivity contribution < 1.29 is 14.7 Å². The lowest BCUT2D eigenvalue weighted by Crippen LogP contribution is -2.37. The molecule has 0 fully saturated rings. The van der Waals surface area contributed by atoms with Crippen LogP contribution in [-0.2, 0) is 9.59 Å². The summed E-state index contributed by atoms with van der Waals surface area (Å²) in [5.41, 5.74) is 2.66. The number of carbonyl (C=O) groups excluding carboxylic acids is 2. The van der Waals surface area contributed by atoms with Gasteiger partial charge in [0.05, 0.1) is 0 Å². The number of hydrogen-bond acceptors (Lipinski definition) is 4. The zero-order chi connectivity index (χ0) is 11.8. The molecule has 1 aliphatic rings. The van der Waals surface area contributed by atoms with E-state index in [9.17, 15) is 9.59 Å². The van der Waals surface area contributed by atoms with Gasteiger partial charge in [-0.25, -0.2) is 5.43 Å². The first-order valence-electron chi connectivity index (χ1n) is 5.48. The van der Waals surface area contributed by atoms with Crippen LogP contribution in [0.15, 0.2) is 5.10 Å². The zero-order valence-corrected chi connectivity index (χ0v) is 9.16. The Labute approximate surface area is 94.1 Å². The fraction of sp³-hybridized carbons (Fsp3) is 0.700. The van der Waals surface area contributed by atoms with E-state index in [0.29, 0.717) is 25.1 Å². The molecule has 0 saturated heterocycles. The Bertz CT molecular complexity index is 289. The Balaban J connectivity index is 2.17. The molecule has 1 heterocycles. The van der Waals surface area contributed by atoms with Crippen molar-refractivity contribution >= 4 is 17.5 Å². The monoisotopic (exact) mass is 227 g/mol. The summed E-state index contributed by atoms with van der Waals surface area (Å²) < 4.78 is 0. The number of carbonyl (C=O) groups is 2. The first kappa shape index (κ1) is 12.6. The molecule has 16 heavy (non-hydrogen) atoms. The van der Waals surface area contributed by atoms with E-state index in [0.717, 1.165) is 19.3 Å². The Kier molecular flexibility index (Phi) is 5.49. The Hall–Kier alpha value is -1.43. The van der Waals surface area contributed by atoms with E-state index in [-0.39, 0.29) is 18.4 Å². The summed E-state index contributed by atoms with van der Waals surface area (Å²) in [7, 11) is 0. The van der Waals surface area contributed by atoms with Crippen molar-refractivity contribution in [2.45, 2.75) is 32.1 Å². The molecule has 0 aliphatic carbocycles. The van der Waals surface area contributed by atoms with Gasteiger partial charge in [-0.05, 0) is 19.3 Å². The van der Waals surface area contributed by atoms with E-state index >= 15 is 0 Å². The molecule has 0 atom stereocenters. The second-order valence-corrected chi connectivity index (χ2v) is 3.63. The second kappa shape index (κ2) is 6.95. The average Bonchev–Trinajstić information content (AvgIpc) is 2.29. The van der Waals surface area contributed by atoms with Crippen LogP contribution in [0.25, 0.3) is 0 Å². The van der Waals surface area contributed by atoms with Crippen molar-refractivity contribution in [3.8, 4) is 0 Å². The quantitative estimate of drug-likeness (QED) is 0.536. The molecule has 0 bridgehead atoms. The van der Waals surface area contributed by atoms with E-state index in [1.807, 2.05) is 0 Å². The number of nitrogens with one attached hydrogen (secondary N) is 2. The van der Waals surface area contributed by atoms with Crippen LogP contribution in [0.2, 0.25) is 0 Å². The first-order chi connectivity index (χ1) is 7.74. The van der Waals surface area contributed by atoms with Crippen LogP contribution in [0, 0.1) is 0 Å². The minimum Gasteiger partial charge on any atom is -0.396 e. The number of unbranched alkanes of at least 4 members (excludes halogenated alkanes) is 2. The molecule has 90 valence electrons. The maximum Gasteiger partial charge on any atom is 0.267 e. The van der Waals surface area contributed by atoms with Crippen molar-refractivity contribution in [2.24, 2.45) is 5.10 Å². The van der Waals surface area contributed by atoms with E-state index in [1.165, 1.54) is 0 Å². The third-order valence-corrected chi connectivity index (χ3v) is 2.29. The maximum absolute atomic E-state index is 11.5. The standard InChI is InChI=1S/C10H17N3O3/c14-7-3-1-2-6-11-10(16)8-4-5-9(15)13-12-8/h14H,1-7H2,(H,11,16)(H,13,15). The summed E-state index contributed by atoms with van der Waals surface area (Å²) in [4.78, 5) is 22.3. The smallest absolute Gasteiger partial charge is 0.267 e. The van der Waals surface area contributed by atoms with Crippen molar-refractivity contribution in [3.63, 3.8) is 0 Å². The van der Waals surface area contributed by atoms with Gasteiger partial charge in [-0.1, -0.05) is 0 Å². The van der Waals surface area contributed by atoms with Crippen LogP contribution in [0.3, 0.4) is 0 Å². The van der Waals surface area contributed by atoms with Crippen LogP contribution in [0.5, 0.6) is 0 Å². The number of hydrazone groups is 1. The highest BCUT2D eigenvalue weighted by Gasteiger charge is 2.17. The minimum atomic E-state index is -0.219. The van der Waals surface area contributed by atoms with Gasteiger partial charge in [-0.3, -0.25) is 9.59 Å². The topological polar surface area (TPSA) is 90.8 Å². The van der Waals surface area contributed by atoms with Crippen LogP contribution in [0.1, 0.15) is 32.1 Å². The Morgan fingerprint density at radius 1 is 1.38 bits per heavy atom. The molecule has 2 amide bonds. The van der Waals surface area contributed by atoms with Crippen LogP contribution < -0.4 is 10.7 Å². The number of aliphatic hydroxyl groups is 1. The van der Waals surface area contributed by atoms with Gasteiger partial charge in [0, 0.05) is 26.0 Å². The molecule has 6 nitrogen and oxygen atoms in total. The van der Waals surface area contributed by atoms with Gasteiger partial charge in [-0.2, -0.15) is 5.10 Å². The normalized spacial score (nSPS) is 15.3. The Morgan fingerprint density at radius 2 is 2.19 bits per heavy atom. The summed E-state index contributed by atoms with van der Waals surface area (Å²) in [6.07, 6.45) is 3.20. The van der Waals surface area contributed by atoms with Crippen molar-refractivity contribution in [2.75, 3.05) is 13.2 Å². The second-order valence-electron chi connectivity index (χ2n) is 3.63. The number of amides is 2. The van der Waals surface area contributed by atoms with Gasteiger partial charge in [0.15, 0.2) is 0 Å². The number of nitrogens with zero attached hydrogens (tertiary/aromatic N) is 1. The van der Waals surface area contributed by atoms with Gasteiger partial charge >= 0.3 is 0 Å². The maximum atomic E-state index is 11.5. The van der Waals surface area contributed by atoms with Crippen LogP contribution in [0.4, 0.5) is 0 Å². The molecule has 0 aromatic heterocycles. The summed E-state index contributed by atoms with van der Waals surface area (Å²) >= 11 is 0. The van der Waals surface area contributed by atoms with E-state index in [1.54, 1.807) is 0 Å². The molecule has 0 unspecified atom stereocenters. The minimum absolute atomic E-state index is 0.153. The molecule has 1 rings (SSSR count). The van der Waals surface area contributed by atoms with E-state index in [4.69, 9.17) is 5.11 Å². The van der Waals surface area contributed by atoms with E-state index < -0.39 is 0 Å². The lowest BCUT2D eigenvalue weighted by molar-refractivity contribution is -0.121. The number of aliphatic hydroxyl groups excluding tert-OH is 1. The number of hydrogen-bond donors (Lipinski definition) is 3. The van der Waals surface area contributed by atoms with Crippen molar-refractivity contribution in [3.05, 3.63) is 0 Å². The van der Waals surface area contributed by atoms with Crippen molar-refractivity contribution in [1.29, 1.82) is 0 Å². The zero-order valence-electron chi connectivity index (χ0n) is 9.16. The third kappa shape index (κ3) is 4.39. The highest BCUT2D eigenvalue weighted by Crippen LogP contribution is 1.99.